The molecule has 2 aromatic rings. The normalized spacial score (nSPS) is 18.6. The highest BCUT2D eigenvalue weighted by Crippen LogP contribution is 2.25. The average Bonchev–Trinajstić information content (AvgIpc) is 3.08. The molecule has 0 aromatic heterocycles. The van der Waals surface area contributed by atoms with E-state index >= 15 is 0 Å². The van der Waals surface area contributed by atoms with E-state index in [4.69, 9.17) is 0 Å². The van der Waals surface area contributed by atoms with Crippen molar-refractivity contribution in [3.63, 3.8) is 0 Å². The zero-order valence-electron chi connectivity index (χ0n) is 15.6. The minimum Gasteiger partial charge on any atom is -0.593 e. The molecule has 0 bridgehead atoms. The summed E-state index contributed by atoms with van der Waals surface area (Å²) in [4.78, 5) is 2.28. The first-order chi connectivity index (χ1) is 14.2. The number of nitrogens with one attached hydrogen (secondary N) is 1. The van der Waals surface area contributed by atoms with Crippen LogP contribution in [0.25, 0.3) is 0 Å². The van der Waals surface area contributed by atoms with Crippen LogP contribution in [0.2, 0.25) is 0 Å². The molecule has 0 amide bonds. The quantitative estimate of drug-likeness (QED) is 0.485. The van der Waals surface area contributed by atoms with Crippen LogP contribution in [-0.4, -0.2) is 41.6 Å². The zero-order valence-corrected chi connectivity index (χ0v) is 16.4. The van der Waals surface area contributed by atoms with Crippen LogP contribution in [0, 0.1) is 0 Å². The molecule has 2 atom stereocenters. The minimum atomic E-state index is -4.82. The Bertz CT molecular complexity index is 823. The standard InChI is InChI=1S/C19H19F5N2O3S/c20-18(21)28-15-6-4-13(5-7-15)11-26-9-8-14(12-26)25-30(27)17-3-1-2-16(10-17)29-19(22,23)24/h1-7,10,14,18,25H,8-9,11-12H2/t14-,30+/m1/s1. The van der Waals surface area contributed by atoms with Crippen LogP contribution in [0.4, 0.5) is 22.0 Å². The Labute approximate surface area is 173 Å². The molecule has 0 radical (unpaired) electrons. The summed E-state index contributed by atoms with van der Waals surface area (Å²) in [5, 5.41) is 0. The molecule has 0 saturated carbocycles. The van der Waals surface area contributed by atoms with Gasteiger partial charge in [-0.05, 0) is 36.2 Å². The van der Waals surface area contributed by atoms with Gasteiger partial charge in [-0.2, -0.15) is 8.78 Å². The number of hydrogen-bond acceptors (Lipinski definition) is 5. The van der Waals surface area contributed by atoms with E-state index in [9.17, 15) is 26.5 Å². The van der Waals surface area contributed by atoms with Crippen molar-refractivity contribution in [2.75, 3.05) is 13.1 Å². The second kappa shape index (κ2) is 9.82. The van der Waals surface area contributed by atoms with Crippen LogP contribution >= 0.6 is 0 Å². The lowest BCUT2D eigenvalue weighted by atomic mass is 10.2. The Morgan fingerprint density at radius 1 is 1.13 bits per heavy atom. The predicted octanol–water partition coefficient (Wildman–Crippen LogP) is 4.07. The van der Waals surface area contributed by atoms with E-state index in [1.807, 2.05) is 0 Å². The molecule has 0 aliphatic carbocycles. The van der Waals surface area contributed by atoms with Crippen molar-refractivity contribution >= 4 is 11.4 Å². The molecule has 1 aliphatic rings. The lowest BCUT2D eigenvalue weighted by Gasteiger charge is -2.18. The summed E-state index contributed by atoms with van der Waals surface area (Å²) in [5.74, 6) is -0.343. The largest absolute Gasteiger partial charge is 0.593 e. The molecule has 1 N–H and O–H groups in total. The fourth-order valence-corrected chi connectivity index (χ4v) is 4.17. The number of likely N-dealkylation sites (tertiary alicyclic amines) is 1. The maximum atomic E-state index is 12.5. The number of alkyl halides is 5. The smallest absolute Gasteiger partial charge is 0.573 e. The van der Waals surface area contributed by atoms with Crippen molar-refractivity contribution < 1.29 is 36.0 Å². The number of halogens is 5. The molecule has 2 aromatic carbocycles. The molecule has 3 rings (SSSR count). The summed E-state index contributed by atoms with van der Waals surface area (Å²) in [5.41, 5.74) is 0.912. The van der Waals surface area contributed by atoms with Gasteiger partial charge in [-0.15, -0.1) is 17.9 Å². The number of hydrogen-bond donors (Lipinski definition) is 1. The molecule has 1 fully saturated rings. The van der Waals surface area contributed by atoms with Crippen LogP contribution in [0.15, 0.2) is 53.4 Å². The lowest BCUT2D eigenvalue weighted by Crippen LogP contribution is -2.37. The fraction of sp³-hybridized carbons (Fsp3) is 0.368. The topological polar surface area (TPSA) is 56.8 Å². The molecule has 0 unspecified atom stereocenters. The third-order valence-corrected chi connectivity index (χ3v) is 5.58. The Balaban J connectivity index is 1.50. The molecule has 164 valence electrons. The van der Waals surface area contributed by atoms with Crippen molar-refractivity contribution in [1.82, 2.24) is 9.62 Å². The van der Waals surface area contributed by atoms with Crippen LogP contribution in [0.1, 0.15) is 12.0 Å². The number of benzene rings is 2. The maximum absolute atomic E-state index is 12.5. The van der Waals surface area contributed by atoms with Crippen molar-refractivity contribution in [3.05, 3.63) is 54.1 Å². The SMILES string of the molecule is [O-][S@+](N[C@@H]1CCN(Cc2ccc(OC(F)F)cc2)C1)c1cccc(OC(F)(F)F)c1. The fourth-order valence-electron chi connectivity index (χ4n) is 3.11. The minimum absolute atomic E-state index is 0.0850. The summed E-state index contributed by atoms with van der Waals surface area (Å²) in [6.07, 6.45) is -4.11. The van der Waals surface area contributed by atoms with Crippen LogP contribution in [0.5, 0.6) is 11.5 Å². The van der Waals surface area contributed by atoms with E-state index in [-0.39, 0.29) is 16.7 Å². The monoisotopic (exact) mass is 450 g/mol. The zero-order chi connectivity index (χ0) is 21.7. The predicted molar refractivity (Wildman–Crippen MR) is 99.4 cm³/mol. The van der Waals surface area contributed by atoms with Crippen LogP contribution in [0.3, 0.4) is 0 Å². The van der Waals surface area contributed by atoms with E-state index in [0.29, 0.717) is 19.5 Å². The molecule has 1 heterocycles. The van der Waals surface area contributed by atoms with Crippen LogP contribution < -0.4 is 14.2 Å². The number of ether oxygens (including phenoxy) is 2. The Morgan fingerprint density at radius 3 is 2.53 bits per heavy atom. The van der Waals surface area contributed by atoms with Gasteiger partial charge in [0.25, 0.3) is 0 Å². The third kappa shape index (κ3) is 7.01. The Morgan fingerprint density at radius 2 is 1.87 bits per heavy atom. The third-order valence-electron chi connectivity index (χ3n) is 4.35. The molecule has 1 aliphatic heterocycles. The van der Waals surface area contributed by atoms with Gasteiger partial charge in [0.2, 0.25) is 0 Å². The highest BCUT2D eigenvalue weighted by atomic mass is 32.2. The number of nitrogens with zero attached hydrogens (tertiary/aromatic N) is 1. The highest BCUT2D eigenvalue weighted by Gasteiger charge is 2.32. The molecule has 30 heavy (non-hydrogen) atoms. The van der Waals surface area contributed by atoms with Crippen molar-refractivity contribution in [2.45, 2.75) is 36.9 Å². The molecule has 0 spiro atoms. The van der Waals surface area contributed by atoms with Gasteiger partial charge in [-0.3, -0.25) is 4.90 Å². The van der Waals surface area contributed by atoms with E-state index in [1.165, 1.54) is 24.3 Å². The summed E-state index contributed by atoms with van der Waals surface area (Å²) >= 11 is -1.69. The van der Waals surface area contributed by atoms with E-state index in [0.717, 1.165) is 24.2 Å². The second-order valence-corrected chi connectivity index (χ2v) is 7.90. The molecular formula is C19H19F5N2O3S. The Kier molecular flexibility index (Phi) is 7.40. The van der Waals surface area contributed by atoms with Gasteiger partial charge in [0.05, 0.1) is 17.4 Å². The summed E-state index contributed by atoms with van der Waals surface area (Å²) in [6, 6.07) is 11.3. The van der Waals surface area contributed by atoms with E-state index < -0.39 is 30.1 Å². The van der Waals surface area contributed by atoms with Crippen molar-refractivity contribution in [1.29, 1.82) is 0 Å². The summed E-state index contributed by atoms with van der Waals surface area (Å²) in [6.45, 7) is -0.988. The van der Waals surface area contributed by atoms with Gasteiger partial charge < -0.3 is 14.0 Å². The van der Waals surface area contributed by atoms with Crippen molar-refractivity contribution in [2.24, 2.45) is 0 Å². The molecule has 1 saturated heterocycles. The molecular weight excluding hydrogens is 431 g/mol. The van der Waals surface area contributed by atoms with Gasteiger partial charge in [0, 0.05) is 25.7 Å². The van der Waals surface area contributed by atoms with Gasteiger partial charge in [-0.25, -0.2) is 0 Å². The molecule has 11 heteroatoms. The van der Waals surface area contributed by atoms with Gasteiger partial charge in [-0.1, -0.05) is 18.2 Å². The maximum Gasteiger partial charge on any atom is 0.573 e. The lowest BCUT2D eigenvalue weighted by molar-refractivity contribution is -0.274. The second-order valence-electron chi connectivity index (χ2n) is 6.65. The van der Waals surface area contributed by atoms with E-state index in [2.05, 4.69) is 19.1 Å². The van der Waals surface area contributed by atoms with Gasteiger partial charge in [0.15, 0.2) is 4.90 Å². The van der Waals surface area contributed by atoms with Crippen LogP contribution in [-0.2, 0) is 17.9 Å². The van der Waals surface area contributed by atoms with Gasteiger partial charge >= 0.3 is 13.0 Å². The Hall–Kier alpha value is -2.08. The van der Waals surface area contributed by atoms with Crippen molar-refractivity contribution in [3.8, 4) is 11.5 Å². The summed E-state index contributed by atoms with van der Waals surface area (Å²) in [7, 11) is 0. The number of rotatable bonds is 8. The summed E-state index contributed by atoms with van der Waals surface area (Å²) < 4.78 is 85.0. The first kappa shape index (κ1) is 22.6. The van der Waals surface area contributed by atoms with E-state index in [1.54, 1.807) is 12.1 Å². The highest BCUT2D eigenvalue weighted by molar-refractivity contribution is 7.89. The average molecular weight is 450 g/mol. The first-order valence-corrected chi connectivity index (χ1v) is 10.1. The van der Waals surface area contributed by atoms with Gasteiger partial charge in [0.1, 0.15) is 11.5 Å². The first-order valence-electron chi connectivity index (χ1n) is 8.98. The molecule has 5 nitrogen and oxygen atoms in total.